The number of non-ortho nitro benzene ring substituents is 1. The van der Waals surface area contributed by atoms with E-state index in [1.807, 2.05) is 18.2 Å². The van der Waals surface area contributed by atoms with E-state index in [2.05, 4.69) is 20.1 Å². The van der Waals surface area contributed by atoms with E-state index < -0.39 is 4.92 Å². The van der Waals surface area contributed by atoms with Crippen LogP contribution in [0.15, 0.2) is 42.6 Å². The van der Waals surface area contributed by atoms with Gasteiger partial charge < -0.3 is 10.2 Å². The third kappa shape index (κ3) is 4.34. The summed E-state index contributed by atoms with van der Waals surface area (Å²) in [7, 11) is 0. The lowest BCUT2D eigenvalue weighted by atomic mass is 10.2. The van der Waals surface area contributed by atoms with Gasteiger partial charge in [-0.15, -0.1) is 0 Å². The van der Waals surface area contributed by atoms with Gasteiger partial charge in [0.25, 0.3) is 5.69 Å². The van der Waals surface area contributed by atoms with Gasteiger partial charge in [0.15, 0.2) is 0 Å². The quantitative estimate of drug-likeness (QED) is 0.652. The maximum Gasteiger partial charge on any atom is 0.269 e. The molecule has 26 heavy (non-hydrogen) atoms. The molecular formula is C18H21N5O3. The van der Waals surface area contributed by atoms with E-state index >= 15 is 0 Å². The fraction of sp³-hybridized carbons (Fsp3) is 0.333. The van der Waals surface area contributed by atoms with Crippen LogP contribution in [0.3, 0.4) is 0 Å². The summed E-state index contributed by atoms with van der Waals surface area (Å²) in [6, 6.07) is 10.3. The van der Waals surface area contributed by atoms with Crippen molar-refractivity contribution in [3.63, 3.8) is 0 Å². The number of aromatic nitrogens is 1. The van der Waals surface area contributed by atoms with Gasteiger partial charge in [-0.1, -0.05) is 6.07 Å². The summed E-state index contributed by atoms with van der Waals surface area (Å²) in [5.74, 6) is 0.839. The Bertz CT molecular complexity index is 789. The van der Waals surface area contributed by atoms with Gasteiger partial charge in [-0.2, -0.15) is 0 Å². The summed E-state index contributed by atoms with van der Waals surface area (Å²) in [6.45, 7) is 5.24. The number of nitro groups is 1. The smallest absolute Gasteiger partial charge is 0.269 e. The number of nitrogens with zero attached hydrogens (tertiary/aromatic N) is 4. The lowest BCUT2D eigenvalue weighted by molar-refractivity contribution is -0.384. The number of piperazine rings is 1. The second-order valence-electron chi connectivity index (χ2n) is 6.26. The van der Waals surface area contributed by atoms with Crippen molar-refractivity contribution in [3.8, 4) is 0 Å². The van der Waals surface area contributed by atoms with E-state index in [1.165, 1.54) is 12.1 Å². The van der Waals surface area contributed by atoms with Crippen LogP contribution in [0.5, 0.6) is 0 Å². The largest absolute Gasteiger partial charge is 0.354 e. The van der Waals surface area contributed by atoms with Crippen molar-refractivity contribution in [2.24, 2.45) is 0 Å². The minimum absolute atomic E-state index is 0.0196. The Balaban J connectivity index is 1.51. The van der Waals surface area contributed by atoms with Gasteiger partial charge in [0, 0.05) is 50.2 Å². The molecule has 2 heterocycles. The van der Waals surface area contributed by atoms with Crippen molar-refractivity contribution in [1.29, 1.82) is 0 Å². The molecule has 0 spiro atoms. The van der Waals surface area contributed by atoms with Crippen molar-refractivity contribution in [3.05, 3.63) is 58.3 Å². The molecule has 8 heteroatoms. The molecule has 1 amide bonds. The first kappa shape index (κ1) is 17.8. The molecule has 1 aliphatic rings. The van der Waals surface area contributed by atoms with E-state index in [9.17, 15) is 14.9 Å². The Morgan fingerprint density at radius 1 is 1.23 bits per heavy atom. The van der Waals surface area contributed by atoms with Crippen LogP contribution in [0.25, 0.3) is 0 Å². The topological polar surface area (TPSA) is 91.6 Å². The SMILES string of the molecule is Cc1cc([N+](=O)[O-])ccc1NC(=O)CN1CCN(c2ccccn2)CC1. The number of hydrogen-bond acceptors (Lipinski definition) is 6. The van der Waals surface area contributed by atoms with Gasteiger partial charge in [0.05, 0.1) is 11.5 Å². The number of amides is 1. The van der Waals surface area contributed by atoms with Crippen LogP contribution in [-0.4, -0.2) is 53.4 Å². The number of carbonyl (C=O) groups excluding carboxylic acids is 1. The zero-order valence-electron chi connectivity index (χ0n) is 14.6. The summed E-state index contributed by atoms with van der Waals surface area (Å²) in [6.07, 6.45) is 1.78. The molecule has 3 rings (SSSR count). The maximum absolute atomic E-state index is 12.3. The summed E-state index contributed by atoms with van der Waals surface area (Å²) < 4.78 is 0. The van der Waals surface area contributed by atoms with Crippen molar-refractivity contribution in [2.45, 2.75) is 6.92 Å². The zero-order valence-corrected chi connectivity index (χ0v) is 14.6. The molecule has 1 aromatic heterocycles. The second kappa shape index (κ2) is 7.92. The minimum atomic E-state index is -0.445. The molecular weight excluding hydrogens is 334 g/mol. The first-order chi connectivity index (χ1) is 12.5. The zero-order chi connectivity index (χ0) is 18.5. The molecule has 2 aromatic rings. The Kier molecular flexibility index (Phi) is 5.43. The molecule has 1 aliphatic heterocycles. The van der Waals surface area contributed by atoms with Crippen molar-refractivity contribution in [2.75, 3.05) is 42.9 Å². The Labute approximate surface area is 151 Å². The van der Waals surface area contributed by atoms with E-state index in [4.69, 9.17) is 0 Å². The average Bonchev–Trinajstić information content (AvgIpc) is 2.64. The van der Waals surface area contributed by atoms with Crippen molar-refractivity contribution >= 4 is 23.1 Å². The lowest BCUT2D eigenvalue weighted by Gasteiger charge is -2.34. The number of nitrogens with one attached hydrogen (secondary N) is 1. The number of aryl methyl sites for hydroxylation is 1. The maximum atomic E-state index is 12.3. The lowest BCUT2D eigenvalue weighted by Crippen LogP contribution is -2.48. The van der Waals surface area contributed by atoms with Crippen LogP contribution in [0.1, 0.15) is 5.56 Å². The van der Waals surface area contributed by atoms with Gasteiger partial charge in [0.1, 0.15) is 5.82 Å². The predicted octanol–water partition coefficient (Wildman–Crippen LogP) is 2.06. The van der Waals surface area contributed by atoms with Crippen LogP contribution >= 0.6 is 0 Å². The number of rotatable bonds is 5. The number of hydrogen-bond donors (Lipinski definition) is 1. The first-order valence-electron chi connectivity index (χ1n) is 8.46. The van der Waals surface area contributed by atoms with Crippen LogP contribution < -0.4 is 10.2 Å². The molecule has 1 N–H and O–H groups in total. The van der Waals surface area contributed by atoms with E-state index in [-0.39, 0.29) is 11.6 Å². The van der Waals surface area contributed by atoms with E-state index in [0.29, 0.717) is 17.8 Å². The fourth-order valence-corrected chi connectivity index (χ4v) is 2.97. The van der Waals surface area contributed by atoms with Crippen molar-refractivity contribution in [1.82, 2.24) is 9.88 Å². The molecule has 1 aromatic carbocycles. The third-order valence-corrected chi connectivity index (χ3v) is 4.41. The highest BCUT2D eigenvalue weighted by Gasteiger charge is 2.20. The van der Waals surface area contributed by atoms with E-state index in [1.54, 1.807) is 19.2 Å². The van der Waals surface area contributed by atoms with Gasteiger partial charge in [-0.05, 0) is 30.7 Å². The molecule has 1 saturated heterocycles. The molecule has 136 valence electrons. The third-order valence-electron chi connectivity index (χ3n) is 4.41. The summed E-state index contributed by atoms with van der Waals surface area (Å²) in [5.41, 5.74) is 1.30. The molecule has 0 radical (unpaired) electrons. The average molecular weight is 355 g/mol. The summed E-state index contributed by atoms with van der Waals surface area (Å²) >= 11 is 0. The summed E-state index contributed by atoms with van der Waals surface area (Å²) in [4.78, 5) is 31.3. The van der Waals surface area contributed by atoms with Gasteiger partial charge in [-0.3, -0.25) is 19.8 Å². The second-order valence-corrected chi connectivity index (χ2v) is 6.26. The van der Waals surface area contributed by atoms with Crippen LogP contribution in [0, 0.1) is 17.0 Å². The standard InChI is InChI=1S/C18H21N5O3/c1-14-12-15(23(25)26)5-6-16(14)20-18(24)13-21-8-10-22(11-9-21)17-4-2-3-7-19-17/h2-7,12H,8-11,13H2,1H3,(H,20,24). The van der Waals surface area contributed by atoms with Crippen LogP contribution in [0.4, 0.5) is 17.2 Å². The number of anilines is 2. The number of pyridine rings is 1. The van der Waals surface area contributed by atoms with Gasteiger partial charge >= 0.3 is 0 Å². The van der Waals surface area contributed by atoms with Crippen LogP contribution in [-0.2, 0) is 4.79 Å². The van der Waals surface area contributed by atoms with E-state index in [0.717, 1.165) is 32.0 Å². The Morgan fingerprint density at radius 3 is 2.62 bits per heavy atom. The van der Waals surface area contributed by atoms with Crippen LogP contribution in [0.2, 0.25) is 0 Å². The van der Waals surface area contributed by atoms with Gasteiger partial charge in [-0.25, -0.2) is 4.98 Å². The monoisotopic (exact) mass is 355 g/mol. The molecule has 1 fully saturated rings. The molecule has 0 bridgehead atoms. The fourth-order valence-electron chi connectivity index (χ4n) is 2.97. The highest BCUT2D eigenvalue weighted by Crippen LogP contribution is 2.21. The highest BCUT2D eigenvalue weighted by atomic mass is 16.6. The Hall–Kier alpha value is -3.00. The Morgan fingerprint density at radius 2 is 2.00 bits per heavy atom. The molecule has 8 nitrogen and oxygen atoms in total. The normalized spacial score (nSPS) is 14.9. The number of benzene rings is 1. The number of carbonyl (C=O) groups is 1. The predicted molar refractivity (Wildman–Crippen MR) is 99.4 cm³/mol. The summed E-state index contributed by atoms with van der Waals surface area (Å²) in [5, 5.41) is 13.6. The first-order valence-corrected chi connectivity index (χ1v) is 8.46. The van der Waals surface area contributed by atoms with Gasteiger partial charge in [0.2, 0.25) is 5.91 Å². The van der Waals surface area contributed by atoms with Crippen molar-refractivity contribution < 1.29 is 9.72 Å². The molecule has 0 aliphatic carbocycles. The number of nitro benzene ring substituents is 1. The minimum Gasteiger partial charge on any atom is -0.354 e. The molecule has 0 saturated carbocycles. The highest BCUT2D eigenvalue weighted by molar-refractivity contribution is 5.93. The molecule has 0 unspecified atom stereocenters. The molecule has 0 atom stereocenters.